The molecule has 1 aromatic carbocycles. The smallest absolute Gasteiger partial charge is 0.246 e. The summed E-state index contributed by atoms with van der Waals surface area (Å²) < 4.78 is 0. The van der Waals surface area contributed by atoms with Crippen molar-refractivity contribution in [1.82, 2.24) is 9.97 Å². The number of aromatic nitrogens is 2. The van der Waals surface area contributed by atoms with Gasteiger partial charge in [-0.3, -0.25) is 9.59 Å². The predicted molar refractivity (Wildman–Crippen MR) is 68.3 cm³/mol. The van der Waals surface area contributed by atoms with Gasteiger partial charge >= 0.3 is 0 Å². The van der Waals surface area contributed by atoms with Crippen LogP contribution in [0.1, 0.15) is 30.3 Å². The number of nitrogens with zero attached hydrogens (tertiary/aromatic N) is 1. The summed E-state index contributed by atoms with van der Waals surface area (Å²) in [6.07, 6.45) is 2.36. The minimum Gasteiger partial charge on any atom is -0.335 e. The van der Waals surface area contributed by atoms with Gasteiger partial charge in [0, 0.05) is 12.0 Å². The van der Waals surface area contributed by atoms with Crippen LogP contribution in [0.3, 0.4) is 0 Å². The van der Waals surface area contributed by atoms with Crippen LogP contribution in [0.25, 0.3) is 11.4 Å². The Morgan fingerprint density at radius 3 is 2.61 bits per heavy atom. The minimum atomic E-state index is -0.494. The second kappa shape index (κ2) is 5.40. The lowest BCUT2D eigenvalue weighted by Gasteiger charge is -1.96. The highest BCUT2D eigenvalue weighted by molar-refractivity contribution is 6.43. The maximum absolute atomic E-state index is 11.8. The summed E-state index contributed by atoms with van der Waals surface area (Å²) in [5.41, 5.74) is 1.15. The molecule has 0 saturated carbocycles. The molecule has 0 aliphatic rings. The Hall–Kier alpha value is -2.23. The number of nitrogens with one attached hydrogen (secondary N) is 1. The molecule has 0 amide bonds. The lowest BCUT2D eigenvalue weighted by Crippen LogP contribution is -2.13. The first-order valence-electron chi connectivity index (χ1n) is 5.90. The number of rotatable bonds is 5. The average Bonchev–Trinajstić information content (AvgIpc) is 2.89. The van der Waals surface area contributed by atoms with Crippen molar-refractivity contribution in [1.29, 1.82) is 0 Å². The van der Waals surface area contributed by atoms with Crippen LogP contribution in [0.4, 0.5) is 0 Å². The van der Waals surface area contributed by atoms with Crippen LogP contribution in [0.5, 0.6) is 0 Å². The zero-order chi connectivity index (χ0) is 13.0. The van der Waals surface area contributed by atoms with Crippen LogP contribution in [-0.2, 0) is 4.79 Å². The van der Waals surface area contributed by atoms with Gasteiger partial charge in [-0.2, -0.15) is 0 Å². The average molecular weight is 242 g/mol. The molecule has 1 N–H and O–H groups in total. The van der Waals surface area contributed by atoms with Crippen molar-refractivity contribution in [3.8, 4) is 11.4 Å². The number of benzene rings is 1. The molecule has 0 aliphatic carbocycles. The molecule has 92 valence electrons. The van der Waals surface area contributed by atoms with Gasteiger partial charge in [0.25, 0.3) is 0 Å². The Morgan fingerprint density at radius 1 is 1.22 bits per heavy atom. The third-order valence-electron chi connectivity index (χ3n) is 2.60. The van der Waals surface area contributed by atoms with Gasteiger partial charge in [0.15, 0.2) is 0 Å². The topological polar surface area (TPSA) is 62.8 Å². The Balaban J connectivity index is 2.21. The molecule has 0 fully saturated rings. The predicted octanol–water partition coefficient (Wildman–Crippen LogP) is 2.63. The number of hydrogen-bond acceptors (Lipinski definition) is 3. The molecule has 4 heteroatoms. The van der Waals surface area contributed by atoms with Gasteiger partial charge in [0.05, 0.1) is 6.20 Å². The van der Waals surface area contributed by atoms with Crippen molar-refractivity contribution < 1.29 is 9.59 Å². The molecule has 0 atom stereocenters. The van der Waals surface area contributed by atoms with Crippen molar-refractivity contribution in [2.45, 2.75) is 19.8 Å². The van der Waals surface area contributed by atoms with Crippen LogP contribution in [0.15, 0.2) is 36.5 Å². The standard InChI is InChI=1S/C14H14N2O2/c1-2-6-12(17)13(18)11-9-15-14(16-11)10-7-4-3-5-8-10/h3-5,7-9H,2,6H2,1H3,(H,15,16). The first-order chi connectivity index (χ1) is 8.72. The maximum Gasteiger partial charge on any atom is 0.246 e. The molecule has 2 rings (SSSR count). The SMILES string of the molecule is CCCC(=O)C(=O)c1cnc(-c2ccccc2)[nH]1. The van der Waals surface area contributed by atoms with E-state index in [1.165, 1.54) is 6.20 Å². The van der Waals surface area contributed by atoms with Gasteiger partial charge in [-0.25, -0.2) is 4.98 Å². The summed E-state index contributed by atoms with van der Waals surface area (Å²) in [6.45, 7) is 1.87. The maximum atomic E-state index is 11.8. The van der Waals surface area contributed by atoms with Gasteiger partial charge < -0.3 is 4.98 Å². The Labute approximate surface area is 105 Å². The molecule has 0 saturated heterocycles. The summed E-state index contributed by atoms with van der Waals surface area (Å²) in [4.78, 5) is 30.3. The van der Waals surface area contributed by atoms with E-state index in [9.17, 15) is 9.59 Å². The highest BCUT2D eigenvalue weighted by Gasteiger charge is 2.17. The summed E-state index contributed by atoms with van der Waals surface area (Å²) >= 11 is 0. The van der Waals surface area contributed by atoms with Gasteiger partial charge in [-0.05, 0) is 6.42 Å². The molecule has 0 aliphatic heterocycles. The van der Waals surface area contributed by atoms with E-state index in [-0.39, 0.29) is 17.9 Å². The molecule has 0 bridgehead atoms. The number of Topliss-reactive ketones (excluding diaryl/α,β-unsaturated/α-hetero) is 2. The van der Waals surface area contributed by atoms with Gasteiger partial charge in [-0.15, -0.1) is 0 Å². The van der Waals surface area contributed by atoms with Crippen LogP contribution in [0.2, 0.25) is 0 Å². The summed E-state index contributed by atoms with van der Waals surface area (Å²) in [6, 6.07) is 9.47. The van der Waals surface area contributed by atoms with E-state index in [1.54, 1.807) is 0 Å². The Kier molecular flexibility index (Phi) is 3.67. The monoisotopic (exact) mass is 242 g/mol. The fourth-order valence-electron chi connectivity index (χ4n) is 1.67. The van der Waals surface area contributed by atoms with E-state index in [4.69, 9.17) is 0 Å². The van der Waals surface area contributed by atoms with Crippen molar-refractivity contribution in [3.05, 3.63) is 42.2 Å². The Bertz CT molecular complexity index is 558. The fraction of sp³-hybridized carbons (Fsp3) is 0.214. The third-order valence-corrected chi connectivity index (χ3v) is 2.60. The van der Waals surface area contributed by atoms with Gasteiger partial charge in [0.1, 0.15) is 11.5 Å². The number of hydrogen-bond donors (Lipinski definition) is 1. The van der Waals surface area contributed by atoms with E-state index in [0.29, 0.717) is 12.2 Å². The molecule has 1 heterocycles. The number of H-pyrrole nitrogens is 1. The number of aromatic amines is 1. The third kappa shape index (κ3) is 2.53. The highest BCUT2D eigenvalue weighted by atomic mass is 16.2. The van der Waals surface area contributed by atoms with Crippen LogP contribution < -0.4 is 0 Å². The second-order valence-corrected chi connectivity index (χ2v) is 4.01. The van der Waals surface area contributed by atoms with E-state index < -0.39 is 5.78 Å². The second-order valence-electron chi connectivity index (χ2n) is 4.01. The number of ketones is 2. The zero-order valence-electron chi connectivity index (χ0n) is 10.1. The molecule has 4 nitrogen and oxygen atoms in total. The molecular weight excluding hydrogens is 228 g/mol. The van der Waals surface area contributed by atoms with Crippen molar-refractivity contribution in [2.24, 2.45) is 0 Å². The van der Waals surface area contributed by atoms with Gasteiger partial charge in [-0.1, -0.05) is 37.3 Å². The molecule has 0 radical (unpaired) electrons. The molecule has 1 aromatic heterocycles. The lowest BCUT2D eigenvalue weighted by molar-refractivity contribution is -0.115. The van der Waals surface area contributed by atoms with Crippen LogP contribution in [-0.4, -0.2) is 21.5 Å². The summed E-state index contributed by atoms with van der Waals surface area (Å²) in [5, 5.41) is 0. The zero-order valence-corrected chi connectivity index (χ0v) is 10.1. The van der Waals surface area contributed by atoms with E-state index in [2.05, 4.69) is 9.97 Å². The summed E-state index contributed by atoms with van der Waals surface area (Å²) in [7, 11) is 0. The molecule has 2 aromatic rings. The number of imidazole rings is 1. The molecule has 18 heavy (non-hydrogen) atoms. The van der Waals surface area contributed by atoms with Crippen molar-refractivity contribution in [2.75, 3.05) is 0 Å². The molecule has 0 unspecified atom stereocenters. The van der Waals surface area contributed by atoms with Crippen LogP contribution in [0, 0.1) is 0 Å². The Morgan fingerprint density at radius 2 is 1.94 bits per heavy atom. The molecular formula is C14H14N2O2. The quantitative estimate of drug-likeness (QED) is 0.647. The first kappa shape index (κ1) is 12.2. The van der Waals surface area contributed by atoms with Gasteiger partial charge in [0.2, 0.25) is 11.6 Å². The normalized spacial score (nSPS) is 10.3. The lowest BCUT2D eigenvalue weighted by atomic mass is 10.1. The largest absolute Gasteiger partial charge is 0.335 e. The molecule has 0 spiro atoms. The highest BCUT2D eigenvalue weighted by Crippen LogP contribution is 2.15. The number of carbonyl (C=O) groups excluding carboxylic acids is 2. The van der Waals surface area contributed by atoms with E-state index in [1.807, 2.05) is 37.3 Å². The summed E-state index contributed by atoms with van der Waals surface area (Å²) in [5.74, 6) is -0.268. The fourth-order valence-corrected chi connectivity index (χ4v) is 1.67. The first-order valence-corrected chi connectivity index (χ1v) is 5.90. The van der Waals surface area contributed by atoms with Crippen molar-refractivity contribution >= 4 is 11.6 Å². The number of carbonyl (C=O) groups is 2. The minimum absolute atomic E-state index is 0.257. The van der Waals surface area contributed by atoms with Crippen molar-refractivity contribution in [3.63, 3.8) is 0 Å². The van der Waals surface area contributed by atoms with E-state index in [0.717, 1.165) is 5.56 Å². The van der Waals surface area contributed by atoms with E-state index >= 15 is 0 Å². The van der Waals surface area contributed by atoms with Crippen LogP contribution >= 0.6 is 0 Å².